The Morgan fingerprint density at radius 1 is 1.04 bits per heavy atom. The standard InChI is InChI=1S/C18H11ClF2N2O/c19-15-2-1-9-22-17(15)11-3-8-14(16(21)10-11)18(24)23-13-6-4-12(20)5-7-13/h1-10H,(H,23,24). The molecule has 6 heteroatoms. The van der Waals surface area contributed by atoms with Gasteiger partial charge in [-0.2, -0.15) is 0 Å². The Labute approximate surface area is 141 Å². The normalized spacial score (nSPS) is 10.5. The summed E-state index contributed by atoms with van der Waals surface area (Å²) in [5, 5.41) is 2.90. The Morgan fingerprint density at radius 2 is 1.79 bits per heavy atom. The fraction of sp³-hybridized carbons (Fsp3) is 0. The number of nitrogens with zero attached hydrogens (tertiary/aromatic N) is 1. The molecular formula is C18H11ClF2N2O. The maximum Gasteiger partial charge on any atom is 0.258 e. The molecule has 1 heterocycles. The van der Waals surface area contributed by atoms with E-state index in [1.165, 1.54) is 36.4 Å². The molecule has 0 aliphatic heterocycles. The molecule has 0 unspecified atom stereocenters. The highest BCUT2D eigenvalue weighted by atomic mass is 35.5. The molecule has 0 atom stereocenters. The molecule has 0 aliphatic rings. The Morgan fingerprint density at radius 3 is 2.46 bits per heavy atom. The molecule has 24 heavy (non-hydrogen) atoms. The summed E-state index contributed by atoms with van der Waals surface area (Å²) < 4.78 is 27.2. The van der Waals surface area contributed by atoms with E-state index in [1.54, 1.807) is 24.4 Å². The smallest absolute Gasteiger partial charge is 0.258 e. The van der Waals surface area contributed by atoms with E-state index < -0.39 is 17.5 Å². The molecule has 1 N–H and O–H groups in total. The fourth-order valence-corrected chi connectivity index (χ4v) is 2.41. The van der Waals surface area contributed by atoms with Crippen LogP contribution in [0.5, 0.6) is 0 Å². The van der Waals surface area contributed by atoms with E-state index in [9.17, 15) is 13.6 Å². The van der Waals surface area contributed by atoms with Crippen molar-refractivity contribution in [3.05, 3.63) is 83.0 Å². The Hall–Kier alpha value is -2.79. The maximum atomic E-state index is 14.3. The number of carbonyl (C=O) groups excluding carboxylic acids is 1. The third-order valence-corrected chi connectivity index (χ3v) is 3.65. The van der Waals surface area contributed by atoms with Crippen molar-refractivity contribution in [3.63, 3.8) is 0 Å². The van der Waals surface area contributed by atoms with Gasteiger partial charge in [-0.1, -0.05) is 17.7 Å². The lowest BCUT2D eigenvalue weighted by Gasteiger charge is -2.08. The molecule has 3 aromatic rings. The van der Waals surface area contributed by atoms with Crippen molar-refractivity contribution in [1.82, 2.24) is 4.98 Å². The van der Waals surface area contributed by atoms with Crippen molar-refractivity contribution >= 4 is 23.2 Å². The highest BCUT2D eigenvalue weighted by molar-refractivity contribution is 6.33. The summed E-state index contributed by atoms with van der Waals surface area (Å²) in [5.41, 5.74) is 1.15. The van der Waals surface area contributed by atoms with Crippen LogP contribution in [0.15, 0.2) is 60.8 Å². The van der Waals surface area contributed by atoms with Gasteiger partial charge >= 0.3 is 0 Å². The summed E-state index contributed by atoms with van der Waals surface area (Å²) in [4.78, 5) is 16.3. The Balaban J connectivity index is 1.86. The van der Waals surface area contributed by atoms with E-state index in [-0.39, 0.29) is 5.56 Å². The number of nitrogens with one attached hydrogen (secondary N) is 1. The molecule has 0 fully saturated rings. The number of carbonyl (C=O) groups is 1. The third-order valence-electron chi connectivity index (χ3n) is 3.35. The second-order valence-electron chi connectivity index (χ2n) is 4.99. The number of amides is 1. The summed E-state index contributed by atoms with van der Waals surface area (Å²) in [6.07, 6.45) is 1.55. The van der Waals surface area contributed by atoms with Gasteiger partial charge in [0.15, 0.2) is 0 Å². The topological polar surface area (TPSA) is 42.0 Å². The van der Waals surface area contributed by atoms with Gasteiger partial charge in [0.2, 0.25) is 0 Å². The second kappa shape index (κ2) is 6.76. The summed E-state index contributed by atoms with van der Waals surface area (Å²) in [6.45, 7) is 0. The van der Waals surface area contributed by atoms with Crippen molar-refractivity contribution < 1.29 is 13.6 Å². The number of benzene rings is 2. The minimum atomic E-state index is -0.700. The molecule has 0 saturated carbocycles. The summed E-state index contributed by atoms with van der Waals surface area (Å²) >= 11 is 6.04. The molecule has 1 amide bonds. The maximum absolute atomic E-state index is 14.3. The van der Waals surface area contributed by atoms with Crippen LogP contribution in [0.25, 0.3) is 11.3 Å². The minimum Gasteiger partial charge on any atom is -0.322 e. The highest BCUT2D eigenvalue weighted by Gasteiger charge is 2.14. The SMILES string of the molecule is O=C(Nc1ccc(F)cc1)c1ccc(-c2ncccc2Cl)cc1F. The predicted octanol–water partition coefficient (Wildman–Crippen LogP) is 4.93. The summed E-state index contributed by atoms with van der Waals surface area (Å²) in [5.74, 6) is -1.75. The highest BCUT2D eigenvalue weighted by Crippen LogP contribution is 2.26. The first-order valence-electron chi connectivity index (χ1n) is 7.02. The van der Waals surface area contributed by atoms with Gasteiger partial charge in [0, 0.05) is 17.4 Å². The number of hydrogen-bond donors (Lipinski definition) is 1. The van der Waals surface area contributed by atoms with Crippen molar-refractivity contribution in [2.75, 3.05) is 5.32 Å². The van der Waals surface area contributed by atoms with Gasteiger partial charge < -0.3 is 5.32 Å². The number of hydrogen-bond acceptors (Lipinski definition) is 2. The van der Waals surface area contributed by atoms with Crippen LogP contribution >= 0.6 is 11.6 Å². The van der Waals surface area contributed by atoms with Gasteiger partial charge in [0.25, 0.3) is 5.91 Å². The van der Waals surface area contributed by atoms with Crippen molar-refractivity contribution in [2.45, 2.75) is 0 Å². The van der Waals surface area contributed by atoms with E-state index in [0.717, 1.165) is 0 Å². The first kappa shape index (κ1) is 16.1. The molecule has 0 saturated heterocycles. The van der Waals surface area contributed by atoms with Crippen LogP contribution in [0, 0.1) is 11.6 Å². The van der Waals surface area contributed by atoms with E-state index in [4.69, 9.17) is 11.6 Å². The number of rotatable bonds is 3. The Kier molecular flexibility index (Phi) is 4.53. The number of halogens is 3. The monoisotopic (exact) mass is 344 g/mol. The first-order valence-corrected chi connectivity index (χ1v) is 7.40. The molecule has 3 rings (SSSR count). The van der Waals surface area contributed by atoms with Crippen LogP contribution in [0.2, 0.25) is 5.02 Å². The average molecular weight is 345 g/mol. The zero-order chi connectivity index (χ0) is 17.1. The summed E-state index contributed by atoms with van der Waals surface area (Å²) in [6, 6.07) is 12.7. The van der Waals surface area contributed by atoms with Gasteiger partial charge in [-0.15, -0.1) is 0 Å². The van der Waals surface area contributed by atoms with Crippen LogP contribution < -0.4 is 5.32 Å². The molecule has 0 aliphatic carbocycles. The second-order valence-corrected chi connectivity index (χ2v) is 5.40. The zero-order valence-electron chi connectivity index (χ0n) is 12.3. The van der Waals surface area contributed by atoms with E-state index in [1.807, 2.05) is 0 Å². The van der Waals surface area contributed by atoms with Gasteiger partial charge in [-0.3, -0.25) is 9.78 Å². The van der Waals surface area contributed by atoms with Crippen LogP contribution in [0.3, 0.4) is 0 Å². The van der Waals surface area contributed by atoms with Crippen LogP contribution in [-0.2, 0) is 0 Å². The quantitative estimate of drug-likeness (QED) is 0.731. The van der Waals surface area contributed by atoms with E-state index in [2.05, 4.69) is 10.3 Å². The number of aromatic nitrogens is 1. The molecule has 3 nitrogen and oxygen atoms in total. The first-order chi connectivity index (χ1) is 11.5. The van der Waals surface area contributed by atoms with E-state index in [0.29, 0.717) is 22.0 Å². The fourth-order valence-electron chi connectivity index (χ4n) is 2.18. The van der Waals surface area contributed by atoms with Crippen LogP contribution in [0.4, 0.5) is 14.5 Å². The molecule has 1 aromatic heterocycles. The van der Waals surface area contributed by atoms with E-state index >= 15 is 0 Å². The molecular weight excluding hydrogens is 334 g/mol. The lowest BCUT2D eigenvalue weighted by atomic mass is 10.1. The van der Waals surface area contributed by atoms with Gasteiger partial charge in [0.05, 0.1) is 16.3 Å². The van der Waals surface area contributed by atoms with Gasteiger partial charge in [-0.25, -0.2) is 8.78 Å². The number of pyridine rings is 1. The molecule has 0 bridgehead atoms. The predicted molar refractivity (Wildman–Crippen MR) is 89.0 cm³/mol. The molecule has 0 radical (unpaired) electrons. The Bertz CT molecular complexity index is 898. The van der Waals surface area contributed by atoms with Crippen molar-refractivity contribution in [3.8, 4) is 11.3 Å². The largest absolute Gasteiger partial charge is 0.322 e. The lowest BCUT2D eigenvalue weighted by Crippen LogP contribution is -2.13. The van der Waals surface area contributed by atoms with Crippen molar-refractivity contribution in [2.24, 2.45) is 0 Å². The van der Waals surface area contributed by atoms with Crippen LogP contribution in [-0.4, -0.2) is 10.9 Å². The average Bonchev–Trinajstić information content (AvgIpc) is 2.57. The molecule has 2 aromatic carbocycles. The third kappa shape index (κ3) is 3.41. The molecule has 0 spiro atoms. The zero-order valence-corrected chi connectivity index (χ0v) is 13.0. The van der Waals surface area contributed by atoms with Gasteiger partial charge in [0.1, 0.15) is 11.6 Å². The van der Waals surface area contributed by atoms with Crippen molar-refractivity contribution in [1.29, 1.82) is 0 Å². The number of anilines is 1. The summed E-state index contributed by atoms with van der Waals surface area (Å²) in [7, 11) is 0. The molecule has 120 valence electrons. The lowest BCUT2D eigenvalue weighted by molar-refractivity contribution is 0.102. The van der Waals surface area contributed by atoms with Crippen LogP contribution in [0.1, 0.15) is 10.4 Å². The van der Waals surface area contributed by atoms with Gasteiger partial charge in [-0.05, 0) is 48.5 Å². The minimum absolute atomic E-state index is 0.130.